The Morgan fingerprint density at radius 2 is 1.91 bits per heavy atom. The first-order valence-electron chi connectivity index (χ1n) is 3.98. The van der Waals surface area contributed by atoms with Crippen LogP contribution in [0.1, 0.15) is 12.8 Å². The van der Waals surface area contributed by atoms with Gasteiger partial charge in [-0.05, 0) is 18.8 Å². The standard InChI is InChI=1S/C8H10ClNO/c9-7-5-1-3-6(4-2-5)8(7)10-11/h1,3,5-8H,2,4H2/t5?,6?,7-,8?/m1/s1. The Labute approximate surface area is 70.6 Å². The van der Waals surface area contributed by atoms with Gasteiger partial charge >= 0.3 is 0 Å². The third-order valence-corrected chi connectivity index (χ3v) is 3.32. The van der Waals surface area contributed by atoms with Crippen LogP contribution < -0.4 is 0 Å². The molecule has 1 fully saturated rings. The highest BCUT2D eigenvalue weighted by Crippen LogP contribution is 2.40. The number of allylic oxidation sites excluding steroid dienone is 1. The summed E-state index contributed by atoms with van der Waals surface area (Å²) >= 11 is 6.03. The highest BCUT2D eigenvalue weighted by molar-refractivity contribution is 6.21. The molecule has 1 saturated carbocycles. The Morgan fingerprint density at radius 3 is 2.27 bits per heavy atom. The van der Waals surface area contributed by atoms with Crippen molar-refractivity contribution in [3.8, 4) is 0 Å². The molecule has 3 rings (SSSR count). The fraction of sp³-hybridized carbons (Fsp3) is 0.750. The van der Waals surface area contributed by atoms with Gasteiger partial charge < -0.3 is 0 Å². The molecule has 2 bridgehead atoms. The fourth-order valence-corrected chi connectivity index (χ4v) is 2.48. The molecular formula is C8H10ClNO. The van der Waals surface area contributed by atoms with E-state index in [2.05, 4.69) is 17.3 Å². The Hall–Kier alpha value is -0.370. The fourth-order valence-electron chi connectivity index (χ4n) is 2.04. The molecule has 0 aromatic carbocycles. The number of fused-ring (bicyclic) bond motifs is 2. The summed E-state index contributed by atoms with van der Waals surface area (Å²) in [6.45, 7) is 0. The molecule has 0 radical (unpaired) electrons. The maximum atomic E-state index is 10.4. The second-order valence-electron chi connectivity index (χ2n) is 3.33. The molecule has 0 aromatic rings. The van der Waals surface area contributed by atoms with Crippen molar-refractivity contribution in [1.82, 2.24) is 0 Å². The molecule has 3 aliphatic rings. The maximum absolute atomic E-state index is 10.4. The zero-order valence-electron chi connectivity index (χ0n) is 6.11. The quantitative estimate of drug-likeness (QED) is 0.338. The van der Waals surface area contributed by atoms with Gasteiger partial charge in [0.1, 0.15) is 6.04 Å². The molecule has 2 nitrogen and oxygen atoms in total. The van der Waals surface area contributed by atoms with Crippen LogP contribution in [0.4, 0.5) is 0 Å². The molecule has 4 atom stereocenters. The van der Waals surface area contributed by atoms with Crippen molar-refractivity contribution < 1.29 is 0 Å². The molecule has 3 unspecified atom stereocenters. The number of hydrogen-bond donors (Lipinski definition) is 0. The van der Waals surface area contributed by atoms with Crippen molar-refractivity contribution in [2.75, 3.05) is 0 Å². The number of halogens is 1. The Kier molecular flexibility index (Phi) is 1.72. The molecule has 11 heavy (non-hydrogen) atoms. The van der Waals surface area contributed by atoms with Gasteiger partial charge in [-0.15, -0.1) is 11.6 Å². The van der Waals surface area contributed by atoms with Crippen molar-refractivity contribution in [2.24, 2.45) is 17.0 Å². The number of alkyl halides is 1. The van der Waals surface area contributed by atoms with E-state index in [1.165, 1.54) is 0 Å². The summed E-state index contributed by atoms with van der Waals surface area (Å²) in [5.41, 5.74) is 0. The molecule has 0 spiro atoms. The summed E-state index contributed by atoms with van der Waals surface area (Å²) in [4.78, 5) is 10.4. The number of nitrogens with zero attached hydrogens (tertiary/aromatic N) is 1. The summed E-state index contributed by atoms with van der Waals surface area (Å²) in [7, 11) is 0. The minimum Gasteiger partial charge on any atom is -0.150 e. The van der Waals surface area contributed by atoms with E-state index in [1.807, 2.05) is 0 Å². The van der Waals surface area contributed by atoms with E-state index in [4.69, 9.17) is 11.6 Å². The van der Waals surface area contributed by atoms with Crippen LogP contribution in [-0.4, -0.2) is 11.4 Å². The largest absolute Gasteiger partial charge is 0.150 e. The average Bonchev–Trinajstić information content (AvgIpc) is 2.06. The molecule has 3 heteroatoms. The molecule has 60 valence electrons. The summed E-state index contributed by atoms with van der Waals surface area (Å²) in [6, 6.07) is -0.166. The second-order valence-corrected chi connectivity index (χ2v) is 3.83. The maximum Gasteiger partial charge on any atom is 0.115 e. The predicted octanol–water partition coefficient (Wildman–Crippen LogP) is 2.32. The molecule has 0 aromatic heterocycles. The van der Waals surface area contributed by atoms with E-state index in [1.54, 1.807) is 0 Å². The highest BCUT2D eigenvalue weighted by atomic mass is 35.5. The van der Waals surface area contributed by atoms with Crippen molar-refractivity contribution in [1.29, 1.82) is 0 Å². The summed E-state index contributed by atoms with van der Waals surface area (Å²) in [5.74, 6) is 0.712. The second kappa shape index (κ2) is 2.59. The van der Waals surface area contributed by atoms with Crippen LogP contribution in [-0.2, 0) is 0 Å². The van der Waals surface area contributed by atoms with Crippen molar-refractivity contribution in [3.05, 3.63) is 17.1 Å². The number of rotatable bonds is 1. The third-order valence-electron chi connectivity index (χ3n) is 2.73. The third kappa shape index (κ3) is 1.00. The van der Waals surface area contributed by atoms with E-state index in [-0.39, 0.29) is 11.4 Å². The van der Waals surface area contributed by atoms with Crippen LogP contribution in [0, 0.1) is 16.7 Å². The lowest BCUT2D eigenvalue weighted by atomic mass is 9.73. The lowest BCUT2D eigenvalue weighted by molar-refractivity contribution is 0.292. The highest BCUT2D eigenvalue weighted by Gasteiger charge is 2.40. The van der Waals surface area contributed by atoms with E-state index in [9.17, 15) is 4.91 Å². The van der Waals surface area contributed by atoms with Crippen LogP contribution in [0.25, 0.3) is 0 Å². The molecular weight excluding hydrogens is 162 g/mol. The van der Waals surface area contributed by atoms with Crippen LogP contribution in [0.2, 0.25) is 0 Å². The first kappa shape index (κ1) is 7.29. The molecule has 0 aliphatic heterocycles. The van der Waals surface area contributed by atoms with Gasteiger partial charge in [0.15, 0.2) is 0 Å². The van der Waals surface area contributed by atoms with Crippen LogP contribution in [0.15, 0.2) is 17.3 Å². The van der Waals surface area contributed by atoms with Gasteiger partial charge in [0.2, 0.25) is 0 Å². The van der Waals surface area contributed by atoms with Crippen molar-refractivity contribution in [2.45, 2.75) is 24.3 Å². The van der Waals surface area contributed by atoms with Gasteiger partial charge in [-0.3, -0.25) is 0 Å². The normalized spacial score (nSPS) is 47.7. The van der Waals surface area contributed by atoms with Crippen molar-refractivity contribution in [3.63, 3.8) is 0 Å². The van der Waals surface area contributed by atoms with Gasteiger partial charge in [0, 0.05) is 5.92 Å². The SMILES string of the molecule is O=NC1C2C=CC(CC2)[C@H]1Cl. The minimum atomic E-state index is -0.166. The summed E-state index contributed by atoms with van der Waals surface area (Å²) in [5, 5.41) is 3.03. The lowest BCUT2D eigenvalue weighted by Crippen LogP contribution is -2.40. The predicted molar refractivity (Wildman–Crippen MR) is 44.6 cm³/mol. The van der Waals surface area contributed by atoms with E-state index >= 15 is 0 Å². The summed E-state index contributed by atoms with van der Waals surface area (Å²) in [6.07, 6.45) is 6.44. The van der Waals surface area contributed by atoms with Gasteiger partial charge in [0.25, 0.3) is 0 Å². The van der Waals surface area contributed by atoms with Gasteiger partial charge in [0.05, 0.1) is 5.38 Å². The molecule has 0 N–H and O–H groups in total. The minimum absolute atomic E-state index is 0.0451. The molecule has 0 amide bonds. The Balaban J connectivity index is 2.26. The molecule has 3 aliphatic carbocycles. The zero-order valence-corrected chi connectivity index (χ0v) is 6.87. The van der Waals surface area contributed by atoms with Crippen LogP contribution >= 0.6 is 11.6 Å². The smallest absolute Gasteiger partial charge is 0.115 e. The Morgan fingerprint density at radius 1 is 1.27 bits per heavy atom. The van der Waals surface area contributed by atoms with E-state index < -0.39 is 0 Å². The van der Waals surface area contributed by atoms with E-state index in [0.29, 0.717) is 11.8 Å². The van der Waals surface area contributed by atoms with Crippen LogP contribution in [0.3, 0.4) is 0 Å². The average molecular weight is 172 g/mol. The number of hydrogen-bond acceptors (Lipinski definition) is 2. The van der Waals surface area contributed by atoms with E-state index in [0.717, 1.165) is 12.8 Å². The first-order valence-corrected chi connectivity index (χ1v) is 4.41. The van der Waals surface area contributed by atoms with Crippen molar-refractivity contribution >= 4 is 11.6 Å². The number of nitroso groups, excluding NO2 is 1. The van der Waals surface area contributed by atoms with Gasteiger partial charge in [-0.1, -0.05) is 17.3 Å². The van der Waals surface area contributed by atoms with Gasteiger partial charge in [-0.25, -0.2) is 0 Å². The van der Waals surface area contributed by atoms with Gasteiger partial charge in [-0.2, -0.15) is 4.91 Å². The lowest BCUT2D eigenvalue weighted by Gasteiger charge is -2.37. The first-order chi connectivity index (χ1) is 5.33. The topological polar surface area (TPSA) is 29.4 Å². The summed E-state index contributed by atoms with van der Waals surface area (Å²) < 4.78 is 0. The monoisotopic (exact) mass is 171 g/mol. The molecule has 0 saturated heterocycles. The molecule has 0 heterocycles. The Bertz CT molecular complexity index is 204. The van der Waals surface area contributed by atoms with Crippen LogP contribution in [0.5, 0.6) is 0 Å². The zero-order chi connectivity index (χ0) is 7.84.